The predicted octanol–water partition coefficient (Wildman–Crippen LogP) is 2.90. The van der Waals surface area contributed by atoms with E-state index in [1.807, 2.05) is 20.0 Å². The van der Waals surface area contributed by atoms with Crippen molar-refractivity contribution in [3.05, 3.63) is 41.5 Å². The number of hydrogen-bond donors (Lipinski definition) is 0. The molecule has 0 N–H and O–H groups in total. The number of aliphatic imine (C=N–C) groups is 1. The molecule has 0 amide bonds. The molecule has 20 heavy (non-hydrogen) atoms. The van der Waals surface area contributed by atoms with E-state index in [9.17, 15) is 9.18 Å². The number of benzene rings is 1. The molecule has 1 heterocycles. The van der Waals surface area contributed by atoms with Gasteiger partial charge in [-0.25, -0.2) is 9.18 Å². The third kappa shape index (κ3) is 3.10. The Kier molecular flexibility index (Phi) is 4.27. The van der Waals surface area contributed by atoms with E-state index in [0.29, 0.717) is 0 Å². The number of aryl methyl sites for hydroxylation is 2. The molecule has 1 aromatic heterocycles. The van der Waals surface area contributed by atoms with E-state index in [1.54, 1.807) is 4.68 Å². The first-order chi connectivity index (χ1) is 9.63. The Morgan fingerprint density at radius 3 is 2.90 bits per heavy atom. The fourth-order valence-corrected chi connectivity index (χ4v) is 1.75. The summed E-state index contributed by atoms with van der Waals surface area (Å²) in [5.74, 6) is -0.458. The summed E-state index contributed by atoms with van der Waals surface area (Å²) in [6, 6.07) is 4.05. The molecule has 0 saturated carbocycles. The summed E-state index contributed by atoms with van der Waals surface area (Å²) in [5.41, 5.74) is 1.97. The Hall–Kier alpha value is -2.46. The molecule has 0 unspecified atom stereocenters. The van der Waals surface area contributed by atoms with Crippen LogP contribution in [0.3, 0.4) is 0 Å². The highest BCUT2D eigenvalue weighted by atomic mass is 19.1. The first kappa shape index (κ1) is 14.0. The quantitative estimate of drug-likeness (QED) is 0.622. The third-order valence-corrected chi connectivity index (χ3v) is 2.85. The number of carbonyl (C=O) groups excluding carboxylic acids is 1. The number of hydrogen-bond acceptors (Lipinski definition) is 4. The van der Waals surface area contributed by atoms with Gasteiger partial charge in [-0.3, -0.25) is 4.68 Å². The molecule has 6 heteroatoms. The van der Waals surface area contributed by atoms with Gasteiger partial charge in [-0.1, -0.05) is 0 Å². The van der Waals surface area contributed by atoms with Gasteiger partial charge in [0.2, 0.25) is 6.08 Å². The monoisotopic (exact) mass is 275 g/mol. The Morgan fingerprint density at radius 2 is 2.30 bits per heavy atom. The molecule has 5 nitrogen and oxygen atoms in total. The topological polar surface area (TPSA) is 56.5 Å². The normalized spacial score (nSPS) is 10.2. The number of aromatic nitrogens is 2. The van der Waals surface area contributed by atoms with Crippen LogP contribution in [0.1, 0.15) is 18.2 Å². The van der Waals surface area contributed by atoms with Crippen LogP contribution in [0.15, 0.2) is 29.4 Å². The number of rotatable bonds is 5. The standard InChI is InChI=1S/C14H14FN3O2/c1-3-18-7-11(10(2)17-18)8-20-14-5-4-12(16-9-19)6-13(14)15/h4-7H,3,8H2,1-2H3. The molecule has 0 aliphatic heterocycles. The summed E-state index contributed by atoms with van der Waals surface area (Å²) in [5, 5.41) is 4.29. The lowest BCUT2D eigenvalue weighted by Crippen LogP contribution is -1.97. The van der Waals surface area contributed by atoms with E-state index in [0.717, 1.165) is 23.9 Å². The lowest BCUT2D eigenvalue weighted by molar-refractivity contribution is 0.289. The van der Waals surface area contributed by atoms with Crippen molar-refractivity contribution in [1.82, 2.24) is 9.78 Å². The number of isocyanates is 1. The van der Waals surface area contributed by atoms with Crippen molar-refractivity contribution in [2.45, 2.75) is 27.0 Å². The second-order valence-electron chi connectivity index (χ2n) is 4.20. The van der Waals surface area contributed by atoms with Gasteiger partial charge in [0, 0.05) is 24.4 Å². The zero-order valence-electron chi connectivity index (χ0n) is 11.3. The first-order valence-corrected chi connectivity index (χ1v) is 6.17. The third-order valence-electron chi connectivity index (χ3n) is 2.85. The Labute approximate surface area is 115 Å². The van der Waals surface area contributed by atoms with Crippen molar-refractivity contribution in [2.24, 2.45) is 4.99 Å². The molecular weight excluding hydrogens is 261 g/mol. The summed E-state index contributed by atoms with van der Waals surface area (Å²) < 4.78 is 20.9. The van der Waals surface area contributed by atoms with Gasteiger partial charge >= 0.3 is 0 Å². The van der Waals surface area contributed by atoms with E-state index in [2.05, 4.69) is 10.1 Å². The van der Waals surface area contributed by atoms with Crippen LogP contribution in [0.4, 0.5) is 10.1 Å². The van der Waals surface area contributed by atoms with Gasteiger partial charge in [-0.2, -0.15) is 10.1 Å². The second-order valence-corrected chi connectivity index (χ2v) is 4.20. The van der Waals surface area contributed by atoms with Crippen molar-refractivity contribution < 1.29 is 13.9 Å². The molecule has 0 aliphatic rings. The molecular formula is C14H14FN3O2. The van der Waals surface area contributed by atoms with Gasteiger partial charge in [-0.05, 0) is 26.0 Å². The number of nitrogens with zero attached hydrogens (tertiary/aromatic N) is 3. The molecule has 1 aromatic carbocycles. The van der Waals surface area contributed by atoms with Gasteiger partial charge < -0.3 is 4.74 Å². The minimum absolute atomic E-state index is 0.110. The van der Waals surface area contributed by atoms with Gasteiger partial charge in [0.25, 0.3) is 0 Å². The van der Waals surface area contributed by atoms with Crippen molar-refractivity contribution in [1.29, 1.82) is 0 Å². The predicted molar refractivity (Wildman–Crippen MR) is 71.2 cm³/mol. The second kappa shape index (κ2) is 6.12. The molecule has 0 aliphatic carbocycles. The molecule has 0 spiro atoms. The largest absolute Gasteiger partial charge is 0.486 e. The smallest absolute Gasteiger partial charge is 0.240 e. The summed E-state index contributed by atoms with van der Waals surface area (Å²) >= 11 is 0. The molecule has 0 fully saturated rings. The Balaban J connectivity index is 2.10. The molecule has 0 radical (unpaired) electrons. The molecule has 0 bridgehead atoms. The SMILES string of the molecule is CCn1cc(COc2ccc(N=C=O)cc2F)c(C)n1. The van der Waals surface area contributed by atoms with Gasteiger partial charge in [0.05, 0.1) is 11.4 Å². The number of ether oxygens (including phenoxy) is 1. The highest BCUT2D eigenvalue weighted by molar-refractivity contribution is 5.50. The van der Waals surface area contributed by atoms with Crippen LogP contribution in [0.2, 0.25) is 0 Å². The van der Waals surface area contributed by atoms with E-state index >= 15 is 0 Å². The van der Waals surface area contributed by atoms with Gasteiger partial charge in [-0.15, -0.1) is 0 Å². The zero-order chi connectivity index (χ0) is 14.5. The maximum absolute atomic E-state index is 13.7. The van der Waals surface area contributed by atoms with Crippen LogP contribution in [-0.4, -0.2) is 15.9 Å². The van der Waals surface area contributed by atoms with Crippen LogP contribution >= 0.6 is 0 Å². The van der Waals surface area contributed by atoms with E-state index < -0.39 is 5.82 Å². The van der Waals surface area contributed by atoms with Crippen LogP contribution in [-0.2, 0) is 17.9 Å². The molecule has 0 atom stereocenters. The van der Waals surface area contributed by atoms with Crippen LogP contribution in [0.25, 0.3) is 0 Å². The lowest BCUT2D eigenvalue weighted by Gasteiger charge is -2.06. The fraction of sp³-hybridized carbons (Fsp3) is 0.286. The van der Waals surface area contributed by atoms with Crippen molar-refractivity contribution >= 4 is 11.8 Å². The fourth-order valence-electron chi connectivity index (χ4n) is 1.75. The summed E-state index contributed by atoms with van der Waals surface area (Å²) in [6.07, 6.45) is 3.23. The first-order valence-electron chi connectivity index (χ1n) is 6.17. The Bertz CT molecular complexity index is 660. The average Bonchev–Trinajstić information content (AvgIpc) is 2.79. The highest BCUT2D eigenvalue weighted by Crippen LogP contribution is 2.23. The summed E-state index contributed by atoms with van der Waals surface area (Å²) in [7, 11) is 0. The van der Waals surface area contributed by atoms with Crippen molar-refractivity contribution in [3.8, 4) is 5.75 Å². The minimum Gasteiger partial charge on any atom is -0.486 e. The van der Waals surface area contributed by atoms with Crippen LogP contribution < -0.4 is 4.74 Å². The number of halogens is 1. The Morgan fingerprint density at radius 1 is 1.50 bits per heavy atom. The summed E-state index contributed by atoms with van der Waals surface area (Å²) in [4.78, 5) is 13.4. The highest BCUT2D eigenvalue weighted by Gasteiger charge is 2.08. The van der Waals surface area contributed by atoms with E-state index in [-0.39, 0.29) is 18.0 Å². The molecule has 104 valence electrons. The minimum atomic E-state index is -0.568. The lowest BCUT2D eigenvalue weighted by atomic mass is 10.2. The van der Waals surface area contributed by atoms with Crippen LogP contribution in [0, 0.1) is 12.7 Å². The average molecular weight is 275 g/mol. The van der Waals surface area contributed by atoms with Gasteiger partial charge in [0.15, 0.2) is 11.6 Å². The van der Waals surface area contributed by atoms with E-state index in [1.165, 1.54) is 18.2 Å². The van der Waals surface area contributed by atoms with Crippen molar-refractivity contribution in [2.75, 3.05) is 0 Å². The zero-order valence-corrected chi connectivity index (χ0v) is 11.3. The summed E-state index contributed by atoms with van der Waals surface area (Å²) in [6.45, 7) is 4.87. The van der Waals surface area contributed by atoms with E-state index in [4.69, 9.17) is 4.74 Å². The maximum Gasteiger partial charge on any atom is 0.240 e. The van der Waals surface area contributed by atoms with Crippen molar-refractivity contribution in [3.63, 3.8) is 0 Å². The maximum atomic E-state index is 13.7. The molecule has 2 aromatic rings. The van der Waals surface area contributed by atoms with Gasteiger partial charge in [0.1, 0.15) is 6.61 Å². The van der Waals surface area contributed by atoms with Crippen LogP contribution in [0.5, 0.6) is 5.75 Å². The molecule has 2 rings (SSSR count). The molecule has 0 saturated heterocycles.